The van der Waals surface area contributed by atoms with Crippen LogP contribution in [0.5, 0.6) is 0 Å². The van der Waals surface area contributed by atoms with Crippen molar-refractivity contribution in [2.24, 2.45) is 0 Å². The lowest BCUT2D eigenvalue weighted by Gasteiger charge is -2.13. The molecule has 3 aromatic rings. The van der Waals surface area contributed by atoms with Crippen molar-refractivity contribution in [1.82, 2.24) is 9.97 Å². The van der Waals surface area contributed by atoms with E-state index in [0.717, 1.165) is 27.2 Å². The van der Waals surface area contributed by atoms with Crippen molar-refractivity contribution in [2.75, 3.05) is 6.61 Å². The summed E-state index contributed by atoms with van der Waals surface area (Å²) in [7, 11) is 0. The number of benzene rings is 1. The lowest BCUT2D eigenvalue weighted by atomic mass is 10.0. The first kappa shape index (κ1) is 16.5. The van der Waals surface area contributed by atoms with Gasteiger partial charge in [-0.1, -0.05) is 24.3 Å². The molecule has 2 aromatic heterocycles. The molecule has 4 nitrogen and oxygen atoms in total. The van der Waals surface area contributed by atoms with Crippen LogP contribution < -0.4 is 0 Å². The summed E-state index contributed by atoms with van der Waals surface area (Å²) in [5, 5.41) is 1.88. The molecule has 0 radical (unpaired) electrons. The van der Waals surface area contributed by atoms with E-state index < -0.39 is 0 Å². The zero-order valence-corrected chi connectivity index (χ0v) is 14.5. The van der Waals surface area contributed by atoms with E-state index in [-0.39, 0.29) is 5.97 Å². The zero-order chi connectivity index (χ0) is 16.9. The highest BCUT2D eigenvalue weighted by Gasteiger charge is 2.20. The minimum atomic E-state index is -0.315. The molecule has 2 heterocycles. The molecule has 122 valence electrons. The minimum absolute atomic E-state index is 0.315. The highest BCUT2D eigenvalue weighted by molar-refractivity contribution is 7.98. The average Bonchev–Trinajstić information content (AvgIpc) is 2.61. The first-order chi connectivity index (χ1) is 11.7. The summed E-state index contributed by atoms with van der Waals surface area (Å²) < 4.78 is 5.25. The predicted octanol–water partition coefficient (Wildman–Crippen LogP) is 4.41. The van der Waals surface area contributed by atoms with E-state index in [4.69, 9.17) is 9.72 Å². The normalized spacial score (nSPS) is 10.8. The molecule has 0 aliphatic heterocycles. The second-order valence-electron chi connectivity index (χ2n) is 5.25. The number of hydrogen-bond donors (Lipinski definition) is 0. The Labute approximate surface area is 145 Å². The van der Waals surface area contributed by atoms with E-state index in [1.54, 1.807) is 18.0 Å². The molecule has 0 aliphatic rings. The Hall–Kier alpha value is -2.40. The Balaban J connectivity index is 2.03. The third-order valence-electron chi connectivity index (χ3n) is 3.70. The van der Waals surface area contributed by atoms with Crippen LogP contribution >= 0.6 is 11.8 Å². The van der Waals surface area contributed by atoms with E-state index in [0.29, 0.717) is 17.9 Å². The number of aromatic nitrogens is 2. The molecule has 3 rings (SSSR count). The molecule has 24 heavy (non-hydrogen) atoms. The lowest BCUT2D eigenvalue weighted by molar-refractivity contribution is 0.0524. The predicted molar refractivity (Wildman–Crippen MR) is 96.2 cm³/mol. The number of nitrogens with zero attached hydrogens (tertiary/aromatic N) is 2. The Kier molecular flexibility index (Phi) is 5.11. The maximum absolute atomic E-state index is 12.5. The summed E-state index contributed by atoms with van der Waals surface area (Å²) in [6.07, 6.45) is 1.76. The molecule has 0 saturated heterocycles. The van der Waals surface area contributed by atoms with Crippen molar-refractivity contribution in [3.63, 3.8) is 0 Å². The van der Waals surface area contributed by atoms with Gasteiger partial charge in [-0.3, -0.25) is 4.98 Å². The quantitative estimate of drug-likeness (QED) is 0.509. The van der Waals surface area contributed by atoms with Crippen LogP contribution in [0.15, 0.2) is 53.7 Å². The molecule has 0 N–H and O–H groups in total. The molecule has 0 amide bonds. The Bertz CT molecular complexity index is 866. The third-order valence-corrected chi connectivity index (χ3v) is 4.66. The molecule has 1 aromatic carbocycles. The van der Waals surface area contributed by atoms with Crippen molar-refractivity contribution >= 4 is 28.6 Å². The number of esters is 1. The Morgan fingerprint density at radius 3 is 2.71 bits per heavy atom. The van der Waals surface area contributed by atoms with Crippen LogP contribution in [0, 0.1) is 6.92 Å². The summed E-state index contributed by atoms with van der Waals surface area (Å²) in [5.74, 6) is 0.251. The zero-order valence-electron chi connectivity index (χ0n) is 13.7. The van der Waals surface area contributed by atoms with E-state index in [1.807, 2.05) is 56.3 Å². The van der Waals surface area contributed by atoms with Gasteiger partial charge in [-0.05, 0) is 37.6 Å². The number of rotatable bonds is 5. The second kappa shape index (κ2) is 7.45. The van der Waals surface area contributed by atoms with E-state index >= 15 is 0 Å². The summed E-state index contributed by atoms with van der Waals surface area (Å²) >= 11 is 1.56. The molecule has 0 spiro atoms. The number of carbonyl (C=O) groups excluding carboxylic acids is 1. The van der Waals surface area contributed by atoms with Gasteiger partial charge in [0.15, 0.2) is 0 Å². The van der Waals surface area contributed by atoms with Crippen LogP contribution in [0.2, 0.25) is 0 Å². The molecule has 0 unspecified atom stereocenters. The van der Waals surface area contributed by atoms with Crippen LogP contribution in [0.25, 0.3) is 10.9 Å². The molecule has 0 saturated carbocycles. The standard InChI is InChI=1S/C19H18N2O2S/c1-3-23-19(22)18-13(2)14-8-4-5-9-15(14)21-16(18)12-24-17-10-6-7-11-20-17/h4-11H,3,12H2,1-2H3. The van der Waals surface area contributed by atoms with Crippen LogP contribution in [0.1, 0.15) is 28.5 Å². The van der Waals surface area contributed by atoms with Gasteiger partial charge in [0.2, 0.25) is 0 Å². The van der Waals surface area contributed by atoms with Crippen molar-refractivity contribution in [1.29, 1.82) is 0 Å². The topological polar surface area (TPSA) is 52.1 Å². The Morgan fingerprint density at radius 2 is 1.96 bits per heavy atom. The fraction of sp³-hybridized carbons (Fsp3) is 0.211. The number of carbonyl (C=O) groups is 1. The summed E-state index contributed by atoms with van der Waals surface area (Å²) in [6, 6.07) is 13.6. The number of ether oxygens (including phenoxy) is 1. The van der Waals surface area contributed by atoms with Gasteiger partial charge in [-0.25, -0.2) is 9.78 Å². The van der Waals surface area contributed by atoms with Gasteiger partial charge in [0, 0.05) is 17.3 Å². The minimum Gasteiger partial charge on any atom is -0.462 e. The SMILES string of the molecule is CCOC(=O)c1c(CSc2ccccn2)nc2ccccc2c1C. The number of fused-ring (bicyclic) bond motifs is 1. The molecule has 0 aliphatic carbocycles. The molecular weight excluding hydrogens is 320 g/mol. The van der Waals surface area contributed by atoms with Crippen molar-refractivity contribution in [2.45, 2.75) is 24.6 Å². The number of aryl methyl sites for hydroxylation is 1. The summed E-state index contributed by atoms with van der Waals surface area (Å²) in [5.41, 5.74) is 3.11. The monoisotopic (exact) mass is 338 g/mol. The molecule has 0 fully saturated rings. The molecule has 0 atom stereocenters. The smallest absolute Gasteiger partial charge is 0.340 e. The summed E-state index contributed by atoms with van der Waals surface area (Å²) in [4.78, 5) is 21.5. The number of para-hydroxylation sites is 1. The lowest BCUT2D eigenvalue weighted by Crippen LogP contribution is -2.12. The van der Waals surface area contributed by atoms with Gasteiger partial charge in [0.1, 0.15) is 0 Å². The second-order valence-corrected chi connectivity index (χ2v) is 6.25. The Morgan fingerprint density at radius 1 is 1.17 bits per heavy atom. The van der Waals surface area contributed by atoms with Gasteiger partial charge >= 0.3 is 5.97 Å². The highest BCUT2D eigenvalue weighted by Crippen LogP contribution is 2.28. The maximum Gasteiger partial charge on any atom is 0.340 e. The highest BCUT2D eigenvalue weighted by atomic mass is 32.2. The number of thioether (sulfide) groups is 1. The fourth-order valence-corrected chi connectivity index (χ4v) is 3.40. The third kappa shape index (κ3) is 3.41. The van der Waals surface area contributed by atoms with Gasteiger partial charge < -0.3 is 4.74 Å². The number of hydrogen-bond acceptors (Lipinski definition) is 5. The first-order valence-electron chi connectivity index (χ1n) is 7.80. The molecule has 0 bridgehead atoms. The van der Waals surface area contributed by atoms with Crippen molar-refractivity contribution < 1.29 is 9.53 Å². The number of pyridine rings is 2. The van der Waals surface area contributed by atoms with Gasteiger partial charge in [-0.15, -0.1) is 11.8 Å². The average molecular weight is 338 g/mol. The van der Waals surface area contributed by atoms with Crippen LogP contribution in [-0.2, 0) is 10.5 Å². The fourth-order valence-electron chi connectivity index (χ4n) is 2.59. The maximum atomic E-state index is 12.5. The summed E-state index contributed by atoms with van der Waals surface area (Å²) in [6.45, 7) is 4.10. The van der Waals surface area contributed by atoms with E-state index in [9.17, 15) is 4.79 Å². The van der Waals surface area contributed by atoms with Gasteiger partial charge in [0.25, 0.3) is 0 Å². The first-order valence-corrected chi connectivity index (χ1v) is 8.78. The van der Waals surface area contributed by atoms with Gasteiger partial charge in [0.05, 0.1) is 28.4 Å². The van der Waals surface area contributed by atoms with Crippen molar-refractivity contribution in [3.05, 3.63) is 65.5 Å². The van der Waals surface area contributed by atoms with Crippen LogP contribution in [0.3, 0.4) is 0 Å². The van der Waals surface area contributed by atoms with Crippen LogP contribution in [-0.4, -0.2) is 22.5 Å². The molecular formula is C19H18N2O2S. The van der Waals surface area contributed by atoms with Crippen molar-refractivity contribution in [3.8, 4) is 0 Å². The van der Waals surface area contributed by atoms with Crippen LogP contribution in [0.4, 0.5) is 0 Å². The molecule has 5 heteroatoms. The van der Waals surface area contributed by atoms with Gasteiger partial charge in [-0.2, -0.15) is 0 Å². The van der Waals surface area contributed by atoms with E-state index in [1.165, 1.54) is 0 Å². The van der Waals surface area contributed by atoms with E-state index in [2.05, 4.69) is 4.98 Å². The largest absolute Gasteiger partial charge is 0.462 e.